The van der Waals surface area contributed by atoms with Crippen LogP contribution in [0.25, 0.3) is 0 Å². The van der Waals surface area contributed by atoms with Gasteiger partial charge in [-0.15, -0.1) is 0 Å². The average molecular weight is 328 g/mol. The van der Waals surface area contributed by atoms with Crippen LogP contribution in [0.5, 0.6) is 0 Å². The molecule has 134 valence electrons. The summed E-state index contributed by atoms with van der Waals surface area (Å²) in [6.07, 6.45) is 8.37. The third-order valence-corrected chi connectivity index (χ3v) is 4.75. The van der Waals surface area contributed by atoms with Gasteiger partial charge in [-0.2, -0.15) is 0 Å². The topological polar surface area (TPSA) is 98.0 Å². The molecule has 0 heterocycles. The second-order valence-electron chi connectivity index (χ2n) is 6.70. The van der Waals surface area contributed by atoms with E-state index in [0.717, 1.165) is 32.1 Å². The third kappa shape index (κ3) is 7.46. The second-order valence-corrected chi connectivity index (χ2v) is 6.70. The van der Waals surface area contributed by atoms with Crippen LogP contribution in [0.3, 0.4) is 0 Å². The minimum atomic E-state index is -0.802. The SMILES string of the molecule is CCCCCC(O)/C=C/[C@@H]1[C@@H](CCCCC(=O)O)[C@@H](O)C[C@@H]1O. The van der Waals surface area contributed by atoms with Crippen molar-refractivity contribution in [2.24, 2.45) is 11.8 Å². The van der Waals surface area contributed by atoms with Crippen molar-refractivity contribution in [1.82, 2.24) is 0 Å². The molecule has 0 aromatic carbocycles. The normalized spacial score (nSPS) is 29.2. The lowest BCUT2D eigenvalue weighted by Gasteiger charge is -2.21. The van der Waals surface area contributed by atoms with Gasteiger partial charge in [-0.3, -0.25) is 4.79 Å². The van der Waals surface area contributed by atoms with Gasteiger partial charge in [0.05, 0.1) is 18.3 Å². The molecular weight excluding hydrogens is 296 g/mol. The molecule has 5 atom stereocenters. The lowest BCUT2D eigenvalue weighted by atomic mass is 9.88. The molecule has 1 aliphatic rings. The van der Waals surface area contributed by atoms with Crippen LogP contribution in [0.1, 0.15) is 64.7 Å². The Kier molecular flexibility index (Phi) is 9.44. The predicted octanol–water partition coefficient (Wildman–Crippen LogP) is 2.49. The van der Waals surface area contributed by atoms with Crippen molar-refractivity contribution in [1.29, 1.82) is 0 Å². The number of unbranched alkanes of at least 4 members (excludes halogenated alkanes) is 3. The molecule has 0 radical (unpaired) electrons. The lowest BCUT2D eigenvalue weighted by molar-refractivity contribution is -0.137. The lowest BCUT2D eigenvalue weighted by Crippen LogP contribution is -2.21. The third-order valence-electron chi connectivity index (χ3n) is 4.75. The van der Waals surface area contributed by atoms with Crippen molar-refractivity contribution in [3.63, 3.8) is 0 Å². The second kappa shape index (κ2) is 10.8. The summed E-state index contributed by atoms with van der Waals surface area (Å²) < 4.78 is 0. The summed E-state index contributed by atoms with van der Waals surface area (Å²) in [7, 11) is 0. The fourth-order valence-electron chi connectivity index (χ4n) is 3.39. The molecule has 1 aliphatic carbocycles. The fourth-order valence-corrected chi connectivity index (χ4v) is 3.39. The van der Waals surface area contributed by atoms with E-state index in [-0.39, 0.29) is 18.3 Å². The van der Waals surface area contributed by atoms with E-state index in [4.69, 9.17) is 5.11 Å². The number of hydrogen-bond acceptors (Lipinski definition) is 4. The van der Waals surface area contributed by atoms with Crippen molar-refractivity contribution in [2.45, 2.75) is 83.0 Å². The van der Waals surface area contributed by atoms with Gasteiger partial charge in [-0.1, -0.05) is 44.8 Å². The maximum absolute atomic E-state index is 10.5. The summed E-state index contributed by atoms with van der Waals surface area (Å²) in [5, 5.41) is 38.8. The Morgan fingerprint density at radius 2 is 1.91 bits per heavy atom. The Morgan fingerprint density at radius 3 is 2.57 bits per heavy atom. The number of aliphatic hydroxyl groups excluding tert-OH is 3. The van der Waals surface area contributed by atoms with Crippen LogP contribution in [0.4, 0.5) is 0 Å². The van der Waals surface area contributed by atoms with Crippen LogP contribution in [-0.4, -0.2) is 44.7 Å². The number of hydrogen-bond donors (Lipinski definition) is 4. The highest BCUT2D eigenvalue weighted by molar-refractivity contribution is 5.66. The van der Waals surface area contributed by atoms with Crippen LogP contribution < -0.4 is 0 Å². The number of aliphatic hydroxyl groups is 3. The van der Waals surface area contributed by atoms with Gasteiger partial charge in [0.1, 0.15) is 0 Å². The first kappa shape index (κ1) is 20.1. The van der Waals surface area contributed by atoms with Crippen LogP contribution in [0.2, 0.25) is 0 Å². The van der Waals surface area contributed by atoms with Crippen molar-refractivity contribution in [2.75, 3.05) is 0 Å². The monoisotopic (exact) mass is 328 g/mol. The van der Waals surface area contributed by atoms with E-state index < -0.39 is 24.3 Å². The van der Waals surface area contributed by atoms with Gasteiger partial charge in [0, 0.05) is 18.8 Å². The van der Waals surface area contributed by atoms with Gasteiger partial charge in [0.15, 0.2) is 0 Å². The molecule has 1 rings (SSSR count). The summed E-state index contributed by atoms with van der Waals surface area (Å²) in [6, 6.07) is 0. The maximum Gasteiger partial charge on any atom is 0.303 e. The number of aliphatic carboxylic acids is 1. The van der Waals surface area contributed by atoms with Gasteiger partial charge in [-0.05, 0) is 25.2 Å². The molecular formula is C18H32O5. The van der Waals surface area contributed by atoms with Crippen molar-refractivity contribution in [3.05, 3.63) is 12.2 Å². The quantitative estimate of drug-likeness (QED) is 0.345. The van der Waals surface area contributed by atoms with E-state index in [1.165, 1.54) is 0 Å². The highest BCUT2D eigenvalue weighted by Crippen LogP contribution is 2.37. The van der Waals surface area contributed by atoms with Gasteiger partial charge in [0.25, 0.3) is 0 Å². The first-order valence-corrected chi connectivity index (χ1v) is 8.90. The number of rotatable bonds is 11. The average Bonchev–Trinajstić information content (AvgIpc) is 2.75. The zero-order valence-electron chi connectivity index (χ0n) is 14.1. The minimum Gasteiger partial charge on any atom is -0.481 e. The Labute approximate surface area is 139 Å². The first-order valence-electron chi connectivity index (χ1n) is 8.90. The highest BCUT2D eigenvalue weighted by Gasteiger charge is 2.39. The Balaban J connectivity index is 2.46. The van der Waals surface area contributed by atoms with Crippen LogP contribution in [0.15, 0.2) is 12.2 Å². The van der Waals surface area contributed by atoms with E-state index >= 15 is 0 Å². The summed E-state index contributed by atoms with van der Waals surface area (Å²) in [4.78, 5) is 10.5. The summed E-state index contributed by atoms with van der Waals surface area (Å²) in [6.45, 7) is 2.12. The molecule has 23 heavy (non-hydrogen) atoms. The predicted molar refractivity (Wildman–Crippen MR) is 89.0 cm³/mol. The molecule has 5 nitrogen and oxygen atoms in total. The molecule has 0 saturated heterocycles. The van der Waals surface area contributed by atoms with E-state index in [1.54, 1.807) is 6.08 Å². The Morgan fingerprint density at radius 1 is 1.17 bits per heavy atom. The van der Waals surface area contributed by atoms with Crippen molar-refractivity contribution >= 4 is 5.97 Å². The van der Waals surface area contributed by atoms with Crippen molar-refractivity contribution in [3.8, 4) is 0 Å². The fraction of sp³-hybridized carbons (Fsp3) is 0.833. The summed E-state index contributed by atoms with van der Waals surface area (Å²) in [5.74, 6) is -1.02. The Bertz CT molecular complexity index is 368. The van der Waals surface area contributed by atoms with Gasteiger partial charge in [-0.25, -0.2) is 0 Å². The summed E-state index contributed by atoms with van der Waals surface area (Å²) in [5.41, 5.74) is 0. The molecule has 1 saturated carbocycles. The largest absolute Gasteiger partial charge is 0.481 e. The van der Waals surface area contributed by atoms with Gasteiger partial charge in [0.2, 0.25) is 0 Å². The zero-order valence-corrected chi connectivity index (χ0v) is 14.1. The molecule has 1 fully saturated rings. The van der Waals surface area contributed by atoms with Crippen LogP contribution >= 0.6 is 0 Å². The van der Waals surface area contributed by atoms with E-state index in [1.807, 2.05) is 6.08 Å². The van der Waals surface area contributed by atoms with E-state index in [9.17, 15) is 20.1 Å². The first-order chi connectivity index (χ1) is 11.0. The van der Waals surface area contributed by atoms with Gasteiger partial charge >= 0.3 is 5.97 Å². The van der Waals surface area contributed by atoms with Crippen LogP contribution in [-0.2, 0) is 4.79 Å². The van der Waals surface area contributed by atoms with Gasteiger partial charge < -0.3 is 20.4 Å². The number of carboxylic acid groups (broad SMARTS) is 1. The molecule has 0 aromatic rings. The van der Waals surface area contributed by atoms with E-state index in [0.29, 0.717) is 19.3 Å². The molecule has 4 N–H and O–H groups in total. The Hall–Kier alpha value is -0.910. The number of carboxylic acids is 1. The van der Waals surface area contributed by atoms with Crippen molar-refractivity contribution < 1.29 is 25.2 Å². The highest BCUT2D eigenvalue weighted by atomic mass is 16.4. The molecule has 0 spiro atoms. The smallest absolute Gasteiger partial charge is 0.303 e. The number of carbonyl (C=O) groups is 1. The molecule has 1 unspecified atom stereocenters. The zero-order chi connectivity index (χ0) is 17.2. The standard InChI is InChI=1S/C18H32O5/c1-2-3-4-7-13(19)10-11-15-14(16(20)12-17(15)21)8-5-6-9-18(22)23/h10-11,13-17,19-21H,2-9,12H2,1H3,(H,22,23)/b11-10+/t13?,14-,15-,16+,17+/m1/s1. The minimum absolute atomic E-state index is 0.0575. The molecule has 0 aliphatic heterocycles. The van der Waals surface area contributed by atoms with Crippen LogP contribution in [0, 0.1) is 11.8 Å². The molecule has 0 amide bonds. The molecule has 0 bridgehead atoms. The van der Waals surface area contributed by atoms with E-state index in [2.05, 4.69) is 6.92 Å². The molecule has 0 aromatic heterocycles. The summed E-state index contributed by atoms with van der Waals surface area (Å²) >= 11 is 0. The maximum atomic E-state index is 10.5. The molecule has 5 heteroatoms.